The van der Waals surface area contributed by atoms with Crippen LogP contribution in [0.25, 0.3) is 21.8 Å². The molecule has 170 valence electrons. The number of halogens is 1. The van der Waals surface area contributed by atoms with Crippen molar-refractivity contribution in [3.05, 3.63) is 59.4 Å². The topological polar surface area (TPSA) is 125 Å². The molecule has 0 aliphatic carbocycles. The van der Waals surface area contributed by atoms with Crippen molar-refractivity contribution in [1.29, 1.82) is 0 Å². The fraction of sp³-hybridized carbons (Fsp3) is 0.227. The first-order chi connectivity index (χ1) is 15.7. The number of nitrogens with two attached hydrogens (primary N) is 1. The Morgan fingerprint density at radius 2 is 2.00 bits per heavy atom. The highest BCUT2D eigenvalue weighted by atomic mass is 35.5. The second kappa shape index (κ2) is 7.98. The van der Waals surface area contributed by atoms with Gasteiger partial charge in [-0.25, -0.2) is 18.4 Å². The first-order valence-electron chi connectivity index (χ1n) is 10.3. The molecule has 9 nitrogen and oxygen atoms in total. The summed E-state index contributed by atoms with van der Waals surface area (Å²) in [6.45, 7) is 2.14. The maximum Gasteiger partial charge on any atom is 0.259 e. The van der Waals surface area contributed by atoms with Gasteiger partial charge in [0.15, 0.2) is 0 Å². The number of hydrogen-bond acceptors (Lipinski definition) is 6. The summed E-state index contributed by atoms with van der Waals surface area (Å²) in [4.78, 5) is 25.8. The summed E-state index contributed by atoms with van der Waals surface area (Å²) in [5.41, 5.74) is 8.08. The van der Waals surface area contributed by atoms with E-state index in [-0.39, 0.29) is 30.1 Å². The van der Waals surface area contributed by atoms with Crippen molar-refractivity contribution in [2.45, 2.75) is 24.5 Å². The Balaban J connectivity index is 1.37. The van der Waals surface area contributed by atoms with Crippen LogP contribution in [-0.4, -0.2) is 57.6 Å². The summed E-state index contributed by atoms with van der Waals surface area (Å²) in [7, 11) is -3.88. The Kier molecular flexibility index (Phi) is 5.23. The number of anilines is 1. The maximum atomic E-state index is 13.2. The lowest BCUT2D eigenvalue weighted by Gasteiger charge is -2.38. The Morgan fingerprint density at radius 3 is 2.79 bits per heavy atom. The number of amides is 1. The molecular weight excluding hydrogens is 464 g/mol. The smallest absolute Gasteiger partial charge is 0.259 e. The average molecular weight is 485 g/mol. The molecule has 0 radical (unpaired) electrons. The third-order valence-electron chi connectivity index (χ3n) is 5.89. The molecule has 1 atom stereocenters. The number of nitrogens with zero attached hydrogens (tertiary/aromatic N) is 4. The second-order valence-electron chi connectivity index (χ2n) is 8.14. The first-order valence-corrected chi connectivity index (χ1v) is 12.1. The number of sulfonamides is 1. The van der Waals surface area contributed by atoms with E-state index >= 15 is 0 Å². The Hall–Kier alpha value is -3.21. The van der Waals surface area contributed by atoms with Crippen LogP contribution in [0.15, 0.2) is 53.8 Å². The van der Waals surface area contributed by atoms with Crippen LogP contribution >= 0.6 is 11.6 Å². The van der Waals surface area contributed by atoms with E-state index in [9.17, 15) is 13.2 Å². The van der Waals surface area contributed by atoms with Gasteiger partial charge in [0, 0.05) is 40.4 Å². The lowest BCUT2D eigenvalue weighted by molar-refractivity contribution is -0.137. The van der Waals surface area contributed by atoms with Gasteiger partial charge in [0.25, 0.3) is 10.0 Å². The van der Waals surface area contributed by atoms with Gasteiger partial charge in [-0.1, -0.05) is 23.7 Å². The maximum absolute atomic E-state index is 13.2. The van der Waals surface area contributed by atoms with E-state index in [0.717, 1.165) is 16.3 Å². The number of H-pyrrole nitrogens is 1. The molecule has 0 spiro atoms. The van der Waals surface area contributed by atoms with E-state index in [2.05, 4.69) is 15.0 Å². The zero-order chi connectivity index (χ0) is 23.3. The Bertz CT molecular complexity index is 1500. The average Bonchev–Trinajstić information content (AvgIpc) is 3.20. The second-order valence-corrected chi connectivity index (χ2v) is 10.5. The van der Waals surface area contributed by atoms with Gasteiger partial charge in [-0.05, 0) is 42.8 Å². The zero-order valence-electron chi connectivity index (χ0n) is 17.7. The van der Waals surface area contributed by atoms with Crippen LogP contribution in [0.2, 0.25) is 5.02 Å². The van der Waals surface area contributed by atoms with Crippen molar-refractivity contribution in [3.8, 4) is 0 Å². The molecule has 1 unspecified atom stereocenters. The van der Waals surface area contributed by atoms with E-state index in [1.807, 2.05) is 25.1 Å². The van der Waals surface area contributed by atoms with Gasteiger partial charge in [0.2, 0.25) is 5.91 Å². The fourth-order valence-corrected chi connectivity index (χ4v) is 5.80. The van der Waals surface area contributed by atoms with Gasteiger partial charge in [0.05, 0.1) is 12.1 Å². The summed E-state index contributed by atoms with van der Waals surface area (Å²) < 4.78 is 27.7. The van der Waals surface area contributed by atoms with Crippen molar-refractivity contribution in [2.75, 3.05) is 18.8 Å². The summed E-state index contributed by atoms with van der Waals surface area (Å²) in [5, 5.41) is 2.03. The van der Waals surface area contributed by atoms with Crippen LogP contribution in [0.1, 0.15) is 12.5 Å². The standard InChI is InChI=1S/C22H21ClN6O3S/c1-13-9-28(33(31,32)20-7-15-3-4-16(23)8-18(15)27-20)11-21(30)29(13)10-14-2-5-17-19(6-14)25-12-26-22(17)24/h2-8,12-13,27H,9-11H2,1H3,(H2,24,25,26). The number of hydrogen-bond donors (Lipinski definition) is 2. The number of aromatic amines is 1. The van der Waals surface area contributed by atoms with E-state index in [1.165, 1.54) is 10.6 Å². The van der Waals surface area contributed by atoms with Crippen LogP contribution in [-0.2, 0) is 21.4 Å². The van der Waals surface area contributed by atoms with Crippen LogP contribution in [0.4, 0.5) is 5.82 Å². The third kappa shape index (κ3) is 3.90. The number of carbonyl (C=O) groups excluding carboxylic acids is 1. The molecule has 5 rings (SSSR count). The molecule has 1 aliphatic rings. The van der Waals surface area contributed by atoms with Crippen LogP contribution < -0.4 is 5.73 Å². The predicted molar refractivity (Wildman–Crippen MR) is 126 cm³/mol. The molecule has 0 saturated carbocycles. The van der Waals surface area contributed by atoms with Crippen molar-refractivity contribution in [3.63, 3.8) is 0 Å². The minimum absolute atomic E-state index is 0.0417. The molecule has 1 aliphatic heterocycles. The van der Waals surface area contributed by atoms with Gasteiger partial charge in [-0.15, -0.1) is 0 Å². The van der Waals surface area contributed by atoms with E-state index < -0.39 is 10.0 Å². The molecule has 1 amide bonds. The summed E-state index contributed by atoms with van der Waals surface area (Å²) >= 11 is 6.01. The molecule has 2 aromatic carbocycles. The Labute approximate surface area is 195 Å². The monoisotopic (exact) mass is 484 g/mol. The van der Waals surface area contributed by atoms with Crippen LogP contribution in [0.3, 0.4) is 0 Å². The molecule has 2 aromatic heterocycles. The molecule has 11 heteroatoms. The highest BCUT2D eigenvalue weighted by Crippen LogP contribution is 2.27. The van der Waals surface area contributed by atoms with Gasteiger partial charge in [-0.2, -0.15) is 4.31 Å². The summed E-state index contributed by atoms with van der Waals surface area (Å²) in [6, 6.07) is 11.9. The first kappa shape index (κ1) is 21.6. The van der Waals surface area contributed by atoms with Crippen LogP contribution in [0, 0.1) is 0 Å². The quantitative estimate of drug-likeness (QED) is 0.458. The molecular formula is C22H21ClN6O3S. The van der Waals surface area contributed by atoms with Gasteiger partial charge in [-0.3, -0.25) is 4.79 Å². The molecule has 4 aromatic rings. The highest BCUT2D eigenvalue weighted by molar-refractivity contribution is 7.89. The van der Waals surface area contributed by atoms with Crippen molar-refractivity contribution < 1.29 is 13.2 Å². The van der Waals surface area contributed by atoms with Crippen LogP contribution in [0.5, 0.6) is 0 Å². The zero-order valence-corrected chi connectivity index (χ0v) is 19.3. The number of carbonyl (C=O) groups is 1. The number of benzene rings is 2. The van der Waals surface area contributed by atoms with Crippen molar-refractivity contribution >= 4 is 55.2 Å². The highest BCUT2D eigenvalue weighted by Gasteiger charge is 2.37. The minimum atomic E-state index is -3.88. The third-order valence-corrected chi connectivity index (χ3v) is 7.86. The predicted octanol–water partition coefficient (Wildman–Crippen LogP) is 2.77. The van der Waals surface area contributed by atoms with Crippen molar-refractivity contribution in [1.82, 2.24) is 24.2 Å². The molecule has 33 heavy (non-hydrogen) atoms. The van der Waals surface area contributed by atoms with E-state index in [1.54, 1.807) is 29.2 Å². The molecule has 1 saturated heterocycles. The van der Waals surface area contributed by atoms with Gasteiger partial charge in [0.1, 0.15) is 17.2 Å². The van der Waals surface area contributed by atoms with Gasteiger partial charge >= 0.3 is 0 Å². The normalized spacial score (nSPS) is 17.8. The molecule has 3 heterocycles. The summed E-state index contributed by atoms with van der Waals surface area (Å²) in [5.74, 6) is 0.132. The lowest BCUT2D eigenvalue weighted by Crippen LogP contribution is -2.56. The fourth-order valence-electron chi connectivity index (χ4n) is 4.14. The number of nitrogens with one attached hydrogen (secondary N) is 1. The molecule has 1 fully saturated rings. The Morgan fingerprint density at radius 1 is 1.18 bits per heavy atom. The van der Waals surface area contributed by atoms with Gasteiger partial charge < -0.3 is 15.6 Å². The molecule has 3 N–H and O–H groups in total. The number of fused-ring (bicyclic) bond motifs is 2. The van der Waals surface area contributed by atoms with Crippen molar-refractivity contribution in [2.24, 2.45) is 0 Å². The number of piperazine rings is 1. The SMILES string of the molecule is CC1CN(S(=O)(=O)c2cc3ccc(Cl)cc3[nH]2)CC(=O)N1Cc1ccc2c(N)ncnc2c1. The number of rotatable bonds is 4. The van der Waals surface area contributed by atoms with E-state index in [4.69, 9.17) is 17.3 Å². The minimum Gasteiger partial charge on any atom is -0.383 e. The van der Waals surface area contributed by atoms with E-state index in [0.29, 0.717) is 28.4 Å². The largest absolute Gasteiger partial charge is 0.383 e. The number of nitrogen functional groups attached to an aromatic ring is 1. The molecule has 0 bridgehead atoms. The number of aromatic nitrogens is 3. The lowest BCUT2D eigenvalue weighted by atomic mass is 10.1. The summed E-state index contributed by atoms with van der Waals surface area (Å²) in [6.07, 6.45) is 1.40.